The van der Waals surface area contributed by atoms with Crippen molar-refractivity contribution in [2.75, 3.05) is 6.61 Å². The molecule has 0 heterocycles. The van der Waals surface area contributed by atoms with Gasteiger partial charge in [0.15, 0.2) is 0 Å². The third-order valence-corrected chi connectivity index (χ3v) is 4.67. The topological polar surface area (TPSA) is 55.8 Å². The number of rotatable bonds is 9. The van der Waals surface area contributed by atoms with Crippen molar-refractivity contribution < 1.29 is 19.4 Å². The highest BCUT2D eigenvalue weighted by atomic mass is 16.5. The summed E-state index contributed by atoms with van der Waals surface area (Å²) in [5, 5.41) is 9.93. The number of aliphatic hydroxyl groups is 1. The van der Waals surface area contributed by atoms with Crippen LogP contribution in [0.15, 0.2) is 12.2 Å². The monoisotopic (exact) mass is 312 g/mol. The van der Waals surface area contributed by atoms with Gasteiger partial charge in [0.1, 0.15) is 6.10 Å². The summed E-state index contributed by atoms with van der Waals surface area (Å²) in [6, 6.07) is 0. The standard InChI is InChI=1S/C18H32O4/c1-8-18(9-2,21-11-17(6,7)20)15-10-14(15)13(5)22-16(19)12(3)4/h13-15,20H,3,8-11H2,1-2,4-7H3. The van der Waals surface area contributed by atoms with Crippen LogP contribution in [0.25, 0.3) is 0 Å². The van der Waals surface area contributed by atoms with Crippen LogP contribution in [0.3, 0.4) is 0 Å². The molecule has 1 aliphatic rings. The van der Waals surface area contributed by atoms with Gasteiger partial charge in [0, 0.05) is 11.5 Å². The van der Waals surface area contributed by atoms with E-state index >= 15 is 0 Å². The lowest BCUT2D eigenvalue weighted by molar-refractivity contribution is -0.147. The lowest BCUT2D eigenvalue weighted by Gasteiger charge is -2.35. The van der Waals surface area contributed by atoms with E-state index in [2.05, 4.69) is 20.4 Å². The highest BCUT2D eigenvalue weighted by Gasteiger charge is 2.55. The number of carbonyl (C=O) groups is 1. The fourth-order valence-corrected chi connectivity index (χ4v) is 3.10. The van der Waals surface area contributed by atoms with Gasteiger partial charge in [-0.2, -0.15) is 0 Å². The van der Waals surface area contributed by atoms with Crippen LogP contribution in [0, 0.1) is 11.8 Å². The molecule has 1 saturated carbocycles. The van der Waals surface area contributed by atoms with Gasteiger partial charge in [-0.15, -0.1) is 0 Å². The van der Waals surface area contributed by atoms with E-state index in [4.69, 9.17) is 9.47 Å². The molecule has 1 rings (SSSR count). The van der Waals surface area contributed by atoms with Gasteiger partial charge in [-0.3, -0.25) is 0 Å². The number of carbonyl (C=O) groups excluding carboxylic acids is 1. The maximum absolute atomic E-state index is 11.7. The van der Waals surface area contributed by atoms with Crippen molar-refractivity contribution in [3.8, 4) is 0 Å². The van der Waals surface area contributed by atoms with Crippen LogP contribution in [0.1, 0.15) is 60.8 Å². The van der Waals surface area contributed by atoms with Gasteiger partial charge < -0.3 is 14.6 Å². The largest absolute Gasteiger partial charge is 0.459 e. The van der Waals surface area contributed by atoms with Gasteiger partial charge >= 0.3 is 5.97 Å². The van der Waals surface area contributed by atoms with Gasteiger partial charge in [-0.1, -0.05) is 20.4 Å². The molecule has 4 heteroatoms. The SMILES string of the molecule is C=C(C)C(=O)OC(C)C1CC1C(CC)(CC)OCC(C)(C)O. The van der Waals surface area contributed by atoms with Gasteiger partial charge in [-0.25, -0.2) is 4.79 Å². The fraction of sp³-hybridized carbons (Fsp3) is 0.833. The highest BCUT2D eigenvalue weighted by molar-refractivity contribution is 5.87. The van der Waals surface area contributed by atoms with Gasteiger partial charge in [0.25, 0.3) is 0 Å². The minimum Gasteiger partial charge on any atom is -0.459 e. The number of esters is 1. The Morgan fingerprint density at radius 3 is 2.32 bits per heavy atom. The molecule has 3 atom stereocenters. The molecule has 128 valence electrons. The zero-order valence-corrected chi connectivity index (χ0v) is 14.9. The molecule has 22 heavy (non-hydrogen) atoms. The first-order valence-corrected chi connectivity index (χ1v) is 8.29. The minimum absolute atomic E-state index is 0.127. The van der Waals surface area contributed by atoms with Crippen LogP contribution < -0.4 is 0 Å². The zero-order valence-electron chi connectivity index (χ0n) is 14.9. The second kappa shape index (κ2) is 7.14. The average Bonchev–Trinajstić information content (AvgIpc) is 3.20. The van der Waals surface area contributed by atoms with Crippen LogP contribution in [0.4, 0.5) is 0 Å². The number of hydrogen-bond donors (Lipinski definition) is 1. The molecule has 0 spiro atoms. The molecule has 0 aliphatic heterocycles. The smallest absolute Gasteiger partial charge is 0.333 e. The van der Waals surface area contributed by atoms with Gasteiger partial charge in [0.2, 0.25) is 0 Å². The molecule has 0 aromatic heterocycles. The molecule has 1 aliphatic carbocycles. The highest BCUT2D eigenvalue weighted by Crippen LogP contribution is 2.53. The van der Waals surface area contributed by atoms with Crippen LogP contribution >= 0.6 is 0 Å². The number of ether oxygens (including phenoxy) is 2. The molecule has 0 aromatic rings. The van der Waals surface area contributed by atoms with Crippen molar-refractivity contribution in [3.05, 3.63) is 12.2 Å². The normalized spacial score (nSPS) is 23.0. The maximum atomic E-state index is 11.7. The first-order valence-electron chi connectivity index (χ1n) is 8.29. The van der Waals surface area contributed by atoms with Crippen molar-refractivity contribution >= 4 is 5.97 Å². The summed E-state index contributed by atoms with van der Waals surface area (Å²) in [6.07, 6.45) is 2.65. The van der Waals surface area contributed by atoms with Crippen molar-refractivity contribution in [2.24, 2.45) is 11.8 Å². The van der Waals surface area contributed by atoms with Crippen LogP contribution in [0.5, 0.6) is 0 Å². The summed E-state index contributed by atoms with van der Waals surface area (Å²) in [6.45, 7) is 15.3. The quantitative estimate of drug-likeness (QED) is 0.523. The third-order valence-electron chi connectivity index (χ3n) is 4.67. The van der Waals surface area contributed by atoms with Gasteiger partial charge in [-0.05, 0) is 52.9 Å². The minimum atomic E-state index is -0.835. The number of hydrogen-bond acceptors (Lipinski definition) is 4. The Labute approximate surface area is 134 Å². The Bertz CT molecular complexity index is 404. The van der Waals surface area contributed by atoms with E-state index in [-0.39, 0.29) is 17.7 Å². The van der Waals surface area contributed by atoms with E-state index in [1.165, 1.54) is 0 Å². The molecular formula is C18H32O4. The summed E-state index contributed by atoms with van der Waals surface area (Å²) in [7, 11) is 0. The molecule has 0 saturated heterocycles. The third kappa shape index (κ3) is 4.82. The Balaban J connectivity index is 2.68. The van der Waals surface area contributed by atoms with E-state index in [0.717, 1.165) is 19.3 Å². The van der Waals surface area contributed by atoms with Crippen LogP contribution in [0.2, 0.25) is 0 Å². The van der Waals surface area contributed by atoms with Crippen LogP contribution in [-0.2, 0) is 14.3 Å². The van der Waals surface area contributed by atoms with E-state index < -0.39 is 5.60 Å². The first-order chi connectivity index (χ1) is 10.1. The summed E-state index contributed by atoms with van der Waals surface area (Å²) in [5.74, 6) is 0.372. The predicted molar refractivity (Wildman–Crippen MR) is 87.5 cm³/mol. The average molecular weight is 312 g/mol. The van der Waals surface area contributed by atoms with Crippen molar-refractivity contribution in [3.63, 3.8) is 0 Å². The van der Waals surface area contributed by atoms with Gasteiger partial charge in [0.05, 0.1) is 17.8 Å². The molecule has 1 N–H and O–H groups in total. The molecule has 0 aromatic carbocycles. The van der Waals surface area contributed by atoms with Crippen molar-refractivity contribution in [1.82, 2.24) is 0 Å². The molecule has 0 bridgehead atoms. The van der Waals surface area contributed by atoms with E-state index in [0.29, 0.717) is 24.0 Å². The molecular weight excluding hydrogens is 280 g/mol. The summed E-state index contributed by atoms with van der Waals surface area (Å²) in [4.78, 5) is 11.7. The van der Waals surface area contributed by atoms with E-state index in [1.54, 1.807) is 20.8 Å². The summed E-state index contributed by atoms with van der Waals surface area (Å²) < 4.78 is 11.6. The molecule has 1 fully saturated rings. The zero-order chi connectivity index (χ0) is 17.1. The second-order valence-electron chi connectivity index (χ2n) is 7.27. The first kappa shape index (κ1) is 19.2. The molecule has 0 amide bonds. The van der Waals surface area contributed by atoms with E-state index in [9.17, 15) is 9.90 Å². The maximum Gasteiger partial charge on any atom is 0.333 e. The summed E-state index contributed by atoms with van der Waals surface area (Å²) >= 11 is 0. The Morgan fingerprint density at radius 2 is 1.91 bits per heavy atom. The second-order valence-corrected chi connectivity index (χ2v) is 7.27. The fourth-order valence-electron chi connectivity index (χ4n) is 3.10. The molecule has 4 nitrogen and oxygen atoms in total. The predicted octanol–water partition coefficient (Wildman–Crippen LogP) is 3.48. The Morgan fingerprint density at radius 1 is 1.36 bits per heavy atom. The van der Waals surface area contributed by atoms with Crippen molar-refractivity contribution in [2.45, 2.75) is 78.1 Å². The Hall–Kier alpha value is -0.870. The van der Waals surface area contributed by atoms with Crippen molar-refractivity contribution in [1.29, 1.82) is 0 Å². The molecule has 0 radical (unpaired) electrons. The van der Waals surface area contributed by atoms with Crippen LogP contribution in [-0.4, -0.2) is 35.0 Å². The Kier molecular flexibility index (Phi) is 6.22. The summed E-state index contributed by atoms with van der Waals surface area (Å²) in [5.41, 5.74) is -0.647. The lowest BCUT2D eigenvalue weighted by atomic mass is 9.88. The molecule has 3 unspecified atom stereocenters. The van der Waals surface area contributed by atoms with E-state index in [1.807, 2.05) is 6.92 Å². The lowest BCUT2D eigenvalue weighted by Crippen LogP contribution is -2.40.